The first-order valence-corrected chi connectivity index (χ1v) is 7.31. The summed E-state index contributed by atoms with van der Waals surface area (Å²) in [7, 11) is 0. The van der Waals surface area contributed by atoms with E-state index in [1.165, 1.54) is 5.56 Å². The Morgan fingerprint density at radius 1 is 1.41 bits per heavy atom. The molecule has 92 valence electrons. The third-order valence-corrected chi connectivity index (χ3v) is 3.95. The van der Waals surface area contributed by atoms with Gasteiger partial charge in [-0.3, -0.25) is 0 Å². The van der Waals surface area contributed by atoms with Crippen molar-refractivity contribution >= 4 is 31.9 Å². The molecule has 17 heavy (non-hydrogen) atoms. The van der Waals surface area contributed by atoms with E-state index < -0.39 is 0 Å². The number of halogens is 2. The molecular weight excluding hydrogens is 342 g/mol. The van der Waals surface area contributed by atoms with Crippen LogP contribution in [0.15, 0.2) is 27.1 Å². The Labute approximate surface area is 121 Å². The van der Waals surface area contributed by atoms with Gasteiger partial charge >= 0.3 is 0 Å². The third kappa shape index (κ3) is 4.46. The molecule has 0 fully saturated rings. The van der Waals surface area contributed by atoms with Gasteiger partial charge < -0.3 is 5.32 Å². The molecule has 3 heteroatoms. The van der Waals surface area contributed by atoms with Gasteiger partial charge in [0, 0.05) is 27.4 Å². The summed E-state index contributed by atoms with van der Waals surface area (Å²) in [6, 6.07) is 6.91. The molecule has 2 unspecified atom stereocenters. The smallest absolute Gasteiger partial charge is 0.0305 e. The Morgan fingerprint density at radius 3 is 2.65 bits per heavy atom. The monoisotopic (exact) mass is 357 g/mol. The van der Waals surface area contributed by atoms with E-state index in [-0.39, 0.29) is 6.04 Å². The van der Waals surface area contributed by atoms with Gasteiger partial charge in [0.1, 0.15) is 0 Å². The summed E-state index contributed by atoms with van der Waals surface area (Å²) in [6.07, 6.45) is 7.18. The number of terminal acetylenes is 1. The molecule has 2 atom stereocenters. The molecule has 0 radical (unpaired) electrons. The van der Waals surface area contributed by atoms with Crippen molar-refractivity contribution in [1.82, 2.24) is 5.32 Å². The van der Waals surface area contributed by atoms with Crippen LogP contribution in [0.4, 0.5) is 0 Å². The van der Waals surface area contributed by atoms with Crippen molar-refractivity contribution in [2.45, 2.75) is 38.8 Å². The zero-order valence-corrected chi connectivity index (χ0v) is 13.3. The summed E-state index contributed by atoms with van der Waals surface area (Å²) < 4.78 is 2.19. The van der Waals surface area contributed by atoms with Gasteiger partial charge in [-0.25, -0.2) is 0 Å². The van der Waals surface area contributed by atoms with Crippen molar-refractivity contribution in [2.24, 2.45) is 0 Å². The molecule has 1 nitrogen and oxygen atoms in total. The largest absolute Gasteiger partial charge is 0.306 e. The van der Waals surface area contributed by atoms with Gasteiger partial charge in [0.05, 0.1) is 0 Å². The first-order chi connectivity index (χ1) is 8.08. The second kappa shape index (κ2) is 7.20. The molecule has 0 saturated carbocycles. The van der Waals surface area contributed by atoms with Crippen LogP contribution in [0.3, 0.4) is 0 Å². The van der Waals surface area contributed by atoms with Crippen LogP contribution >= 0.6 is 31.9 Å². The van der Waals surface area contributed by atoms with Gasteiger partial charge in [-0.05, 0) is 31.0 Å². The van der Waals surface area contributed by atoms with Gasteiger partial charge in [-0.15, -0.1) is 12.3 Å². The first kappa shape index (κ1) is 14.8. The summed E-state index contributed by atoms with van der Waals surface area (Å²) >= 11 is 7.05. The second-order valence-electron chi connectivity index (χ2n) is 4.07. The molecule has 0 aliphatic carbocycles. The summed E-state index contributed by atoms with van der Waals surface area (Å²) in [5.74, 6) is 2.72. The minimum Gasteiger partial charge on any atom is -0.306 e. The van der Waals surface area contributed by atoms with E-state index in [0.29, 0.717) is 6.04 Å². The topological polar surface area (TPSA) is 12.0 Å². The molecule has 0 spiro atoms. The SMILES string of the molecule is C#CCC(CC)NC(C)c1ccc(Br)cc1Br. The normalized spacial score (nSPS) is 14.1. The lowest BCUT2D eigenvalue weighted by Crippen LogP contribution is -2.30. The standard InChI is InChI=1S/C14H17Br2N/c1-4-6-12(5-2)17-10(3)13-8-7-11(15)9-14(13)16/h1,7-10,12,17H,5-6H2,2-3H3. The van der Waals surface area contributed by atoms with Crippen molar-refractivity contribution in [3.8, 4) is 12.3 Å². The first-order valence-electron chi connectivity index (χ1n) is 5.73. The summed E-state index contributed by atoms with van der Waals surface area (Å²) in [6.45, 7) is 4.31. The van der Waals surface area contributed by atoms with E-state index in [2.05, 4.69) is 75.1 Å². The van der Waals surface area contributed by atoms with Crippen LogP contribution in [0.25, 0.3) is 0 Å². The van der Waals surface area contributed by atoms with Crippen LogP contribution in [-0.2, 0) is 0 Å². The van der Waals surface area contributed by atoms with Gasteiger partial charge in [0.15, 0.2) is 0 Å². The van der Waals surface area contributed by atoms with E-state index in [4.69, 9.17) is 6.42 Å². The molecule has 1 aromatic carbocycles. The van der Waals surface area contributed by atoms with Gasteiger partial charge in [-0.2, -0.15) is 0 Å². The van der Waals surface area contributed by atoms with E-state index >= 15 is 0 Å². The van der Waals surface area contributed by atoms with Gasteiger partial charge in [0.2, 0.25) is 0 Å². The number of hydrogen-bond acceptors (Lipinski definition) is 1. The second-order valence-corrected chi connectivity index (χ2v) is 5.84. The molecule has 0 saturated heterocycles. The molecule has 0 bridgehead atoms. The minimum absolute atomic E-state index is 0.288. The lowest BCUT2D eigenvalue weighted by molar-refractivity contribution is 0.448. The lowest BCUT2D eigenvalue weighted by Gasteiger charge is -2.22. The number of nitrogens with one attached hydrogen (secondary N) is 1. The Balaban J connectivity index is 2.75. The molecule has 0 heterocycles. The molecule has 1 rings (SSSR count). The molecular formula is C14H17Br2N. The molecule has 0 aliphatic heterocycles. The third-order valence-electron chi connectivity index (χ3n) is 2.77. The van der Waals surface area contributed by atoms with Crippen LogP contribution in [0.1, 0.15) is 38.3 Å². The number of hydrogen-bond donors (Lipinski definition) is 1. The van der Waals surface area contributed by atoms with Crippen LogP contribution in [0, 0.1) is 12.3 Å². The quantitative estimate of drug-likeness (QED) is 0.754. The summed E-state index contributed by atoms with van der Waals surface area (Å²) in [4.78, 5) is 0. The maximum Gasteiger partial charge on any atom is 0.0305 e. The Morgan fingerprint density at radius 2 is 2.12 bits per heavy atom. The Hall–Kier alpha value is -0.300. The Bertz CT molecular complexity index is 409. The summed E-state index contributed by atoms with van der Waals surface area (Å²) in [5, 5.41) is 3.56. The minimum atomic E-state index is 0.288. The Kier molecular flexibility index (Phi) is 6.26. The van der Waals surface area contributed by atoms with Crippen molar-refractivity contribution < 1.29 is 0 Å². The zero-order valence-electron chi connectivity index (χ0n) is 10.1. The highest BCUT2D eigenvalue weighted by Gasteiger charge is 2.13. The predicted molar refractivity (Wildman–Crippen MR) is 80.9 cm³/mol. The average molecular weight is 359 g/mol. The number of benzene rings is 1. The van der Waals surface area contributed by atoms with E-state index in [1.54, 1.807) is 0 Å². The van der Waals surface area contributed by atoms with Crippen molar-refractivity contribution in [3.63, 3.8) is 0 Å². The maximum absolute atomic E-state index is 5.36. The van der Waals surface area contributed by atoms with E-state index in [0.717, 1.165) is 21.8 Å². The molecule has 1 N–H and O–H groups in total. The summed E-state index contributed by atoms with van der Waals surface area (Å²) in [5.41, 5.74) is 1.25. The van der Waals surface area contributed by atoms with Crippen LogP contribution < -0.4 is 5.32 Å². The molecule has 0 amide bonds. The highest BCUT2D eigenvalue weighted by atomic mass is 79.9. The maximum atomic E-state index is 5.36. The van der Waals surface area contributed by atoms with E-state index in [1.807, 2.05) is 0 Å². The predicted octanol–water partition coefficient (Wildman–Crippen LogP) is 4.66. The average Bonchev–Trinajstić information content (AvgIpc) is 2.28. The lowest BCUT2D eigenvalue weighted by atomic mass is 10.1. The molecule has 1 aromatic rings. The van der Waals surface area contributed by atoms with Crippen molar-refractivity contribution in [2.75, 3.05) is 0 Å². The highest BCUT2D eigenvalue weighted by Crippen LogP contribution is 2.27. The van der Waals surface area contributed by atoms with Gasteiger partial charge in [0.25, 0.3) is 0 Å². The fourth-order valence-corrected chi connectivity index (χ4v) is 3.15. The molecule has 0 aromatic heterocycles. The zero-order chi connectivity index (χ0) is 12.8. The van der Waals surface area contributed by atoms with Crippen LogP contribution in [-0.4, -0.2) is 6.04 Å². The molecule has 0 aliphatic rings. The number of rotatable bonds is 5. The highest BCUT2D eigenvalue weighted by molar-refractivity contribution is 9.11. The fourth-order valence-electron chi connectivity index (χ4n) is 1.76. The van der Waals surface area contributed by atoms with E-state index in [9.17, 15) is 0 Å². The van der Waals surface area contributed by atoms with Crippen molar-refractivity contribution in [1.29, 1.82) is 0 Å². The fraction of sp³-hybridized carbons (Fsp3) is 0.429. The van der Waals surface area contributed by atoms with Crippen LogP contribution in [0.5, 0.6) is 0 Å². The van der Waals surface area contributed by atoms with Gasteiger partial charge in [-0.1, -0.05) is 44.8 Å². The van der Waals surface area contributed by atoms with Crippen molar-refractivity contribution in [3.05, 3.63) is 32.7 Å². The van der Waals surface area contributed by atoms with Crippen LogP contribution in [0.2, 0.25) is 0 Å².